The van der Waals surface area contributed by atoms with E-state index in [4.69, 9.17) is 22.3 Å². The third-order valence-corrected chi connectivity index (χ3v) is 4.06. The molecule has 0 aliphatic carbocycles. The average Bonchev–Trinajstić information content (AvgIpc) is 2.25. The van der Waals surface area contributed by atoms with Gasteiger partial charge in [-0.1, -0.05) is 11.6 Å². The predicted octanol–water partition coefficient (Wildman–Crippen LogP) is 2.74. The predicted molar refractivity (Wildman–Crippen MR) is 67.4 cm³/mol. The van der Waals surface area contributed by atoms with Crippen LogP contribution < -0.4 is 0 Å². The molecule has 0 bridgehead atoms. The zero-order valence-corrected chi connectivity index (χ0v) is 12.2. The van der Waals surface area contributed by atoms with E-state index in [1.54, 1.807) is 0 Å². The minimum Gasteiger partial charge on any atom is -0.336 e. The maximum Gasteiger partial charge on any atom is 0.262 e. The number of carbonyl (C=O) groups excluding carboxylic acids is 1. The minimum absolute atomic E-state index is 0.509. The first kappa shape index (κ1) is 17.1. The Morgan fingerprint density at radius 2 is 1.95 bits per heavy atom. The van der Waals surface area contributed by atoms with Crippen LogP contribution in [0.5, 0.6) is 0 Å². The Morgan fingerprint density at radius 3 is 2.40 bits per heavy atom. The summed E-state index contributed by atoms with van der Waals surface area (Å²) in [4.78, 5) is 11.6. The molecule has 0 N–H and O–H groups in total. The number of carbonyl (C=O) groups is 1. The lowest BCUT2D eigenvalue weighted by Gasteiger charge is -2.17. The van der Waals surface area contributed by atoms with E-state index in [1.807, 2.05) is 0 Å². The molecule has 1 aromatic carbocycles. The fraction of sp³-hybridized carbons (Fsp3) is 0.300. The first-order chi connectivity index (χ1) is 9.04. The molecule has 0 fully saturated rings. The van der Waals surface area contributed by atoms with Crippen LogP contribution in [0, 0.1) is 5.82 Å². The van der Waals surface area contributed by atoms with Gasteiger partial charge in [0, 0.05) is 17.7 Å². The van der Waals surface area contributed by atoms with Crippen LogP contribution in [0.2, 0.25) is 5.02 Å². The number of amides is 1. The summed E-state index contributed by atoms with van der Waals surface area (Å²) >= 11 is 5.51. The molecule has 4 nitrogen and oxygen atoms in total. The second-order valence-corrected chi connectivity index (χ2v) is 6.72. The van der Waals surface area contributed by atoms with Gasteiger partial charge in [-0.05, 0) is 12.1 Å². The summed E-state index contributed by atoms with van der Waals surface area (Å²) in [6, 6.07) is 1.20. The minimum atomic E-state index is -4.30. The van der Waals surface area contributed by atoms with Crippen molar-refractivity contribution in [2.45, 2.75) is 11.3 Å². The summed E-state index contributed by atoms with van der Waals surface area (Å²) < 4.78 is 60.3. The highest BCUT2D eigenvalue weighted by Gasteiger charge is 2.24. The van der Waals surface area contributed by atoms with Gasteiger partial charge >= 0.3 is 0 Å². The number of hydrogen-bond acceptors (Lipinski definition) is 3. The average molecular weight is 350 g/mol. The van der Waals surface area contributed by atoms with E-state index < -0.39 is 49.2 Å². The maximum atomic E-state index is 13.6. The molecule has 0 radical (unpaired) electrons. The molecule has 0 unspecified atom stereocenters. The topological polar surface area (TPSA) is 54.5 Å². The SMILES string of the molecule is CN(CC(F)F)C(=O)c1cc(S(=O)(=O)Cl)c(Cl)cc1F. The van der Waals surface area contributed by atoms with Crippen LogP contribution in [-0.2, 0) is 9.05 Å². The maximum absolute atomic E-state index is 13.6. The van der Waals surface area contributed by atoms with Crippen LogP contribution >= 0.6 is 22.3 Å². The van der Waals surface area contributed by atoms with E-state index in [-0.39, 0.29) is 0 Å². The van der Waals surface area contributed by atoms with Crippen molar-refractivity contribution in [1.29, 1.82) is 0 Å². The number of nitrogens with zero attached hydrogens (tertiary/aromatic N) is 1. The molecular formula is C10H8Cl2F3NO3S. The van der Waals surface area contributed by atoms with E-state index in [0.29, 0.717) is 17.0 Å². The Morgan fingerprint density at radius 1 is 1.40 bits per heavy atom. The van der Waals surface area contributed by atoms with Crippen molar-refractivity contribution in [3.05, 3.63) is 28.5 Å². The molecular weight excluding hydrogens is 342 g/mol. The van der Waals surface area contributed by atoms with Crippen molar-refractivity contribution in [3.63, 3.8) is 0 Å². The van der Waals surface area contributed by atoms with Gasteiger partial charge in [0.15, 0.2) is 0 Å². The molecule has 1 aromatic rings. The van der Waals surface area contributed by atoms with E-state index in [9.17, 15) is 26.4 Å². The monoisotopic (exact) mass is 349 g/mol. The van der Waals surface area contributed by atoms with Crippen LogP contribution in [0.25, 0.3) is 0 Å². The zero-order valence-electron chi connectivity index (χ0n) is 9.91. The number of hydrogen-bond donors (Lipinski definition) is 0. The van der Waals surface area contributed by atoms with Gasteiger partial charge in [0.25, 0.3) is 21.4 Å². The summed E-state index contributed by atoms with van der Waals surface area (Å²) in [6.07, 6.45) is -2.81. The highest BCUT2D eigenvalue weighted by molar-refractivity contribution is 8.13. The molecule has 0 spiro atoms. The van der Waals surface area contributed by atoms with Gasteiger partial charge in [-0.3, -0.25) is 4.79 Å². The van der Waals surface area contributed by atoms with Gasteiger partial charge in [-0.15, -0.1) is 0 Å². The summed E-state index contributed by atoms with van der Waals surface area (Å²) in [5.74, 6) is -2.24. The molecule has 0 aliphatic heterocycles. The third kappa shape index (κ3) is 4.00. The van der Waals surface area contributed by atoms with Crippen LogP contribution in [0.3, 0.4) is 0 Å². The summed E-state index contributed by atoms with van der Waals surface area (Å²) in [5, 5.41) is -0.509. The van der Waals surface area contributed by atoms with E-state index >= 15 is 0 Å². The molecule has 112 valence electrons. The normalized spacial score (nSPS) is 11.8. The molecule has 0 atom stereocenters. The molecule has 20 heavy (non-hydrogen) atoms. The summed E-state index contributed by atoms with van der Waals surface area (Å²) in [7, 11) is 1.80. The van der Waals surface area contributed by atoms with Crippen molar-refractivity contribution in [3.8, 4) is 0 Å². The lowest BCUT2D eigenvalue weighted by molar-refractivity contribution is 0.0616. The van der Waals surface area contributed by atoms with Crippen LogP contribution in [0.1, 0.15) is 10.4 Å². The molecule has 0 saturated carbocycles. The number of halogens is 5. The van der Waals surface area contributed by atoms with E-state index in [1.165, 1.54) is 0 Å². The second kappa shape index (κ2) is 6.19. The lowest BCUT2D eigenvalue weighted by Crippen LogP contribution is -2.32. The van der Waals surface area contributed by atoms with Gasteiger partial charge < -0.3 is 4.90 Å². The molecule has 10 heteroatoms. The Bertz CT molecular complexity index is 637. The van der Waals surface area contributed by atoms with Crippen molar-refractivity contribution in [2.75, 3.05) is 13.6 Å². The Labute approximate surface area is 122 Å². The molecule has 0 saturated heterocycles. The zero-order chi connectivity index (χ0) is 15.7. The molecule has 0 aromatic heterocycles. The summed E-state index contributed by atoms with van der Waals surface area (Å²) in [5.41, 5.74) is -0.711. The van der Waals surface area contributed by atoms with Gasteiger partial charge in [0.2, 0.25) is 0 Å². The summed E-state index contributed by atoms with van der Waals surface area (Å²) in [6.45, 7) is -0.927. The van der Waals surface area contributed by atoms with Gasteiger partial charge in [0.1, 0.15) is 10.7 Å². The Hall–Kier alpha value is -0.990. The first-order valence-corrected chi connectivity index (χ1v) is 7.70. The fourth-order valence-electron chi connectivity index (χ4n) is 1.38. The Kier molecular flexibility index (Phi) is 5.28. The van der Waals surface area contributed by atoms with Gasteiger partial charge in [-0.2, -0.15) is 0 Å². The lowest BCUT2D eigenvalue weighted by atomic mass is 10.2. The fourth-order valence-corrected chi connectivity index (χ4v) is 2.88. The van der Waals surface area contributed by atoms with Crippen LogP contribution in [-0.4, -0.2) is 39.2 Å². The number of benzene rings is 1. The van der Waals surface area contributed by atoms with Crippen LogP contribution in [0.15, 0.2) is 17.0 Å². The highest BCUT2D eigenvalue weighted by Crippen LogP contribution is 2.28. The van der Waals surface area contributed by atoms with Crippen LogP contribution in [0.4, 0.5) is 13.2 Å². The second-order valence-electron chi connectivity index (χ2n) is 3.78. The smallest absolute Gasteiger partial charge is 0.262 e. The molecule has 0 heterocycles. The largest absolute Gasteiger partial charge is 0.336 e. The Balaban J connectivity index is 3.29. The van der Waals surface area contributed by atoms with E-state index in [0.717, 1.165) is 7.05 Å². The standard InChI is InChI=1S/C10H8Cl2F3NO3S/c1-16(4-9(14)15)10(17)5-2-8(20(12,18)19)6(11)3-7(5)13/h2-3,9H,4H2,1H3. The number of rotatable bonds is 4. The van der Waals surface area contributed by atoms with Crippen molar-refractivity contribution in [1.82, 2.24) is 4.90 Å². The van der Waals surface area contributed by atoms with Crippen molar-refractivity contribution >= 4 is 37.2 Å². The quantitative estimate of drug-likeness (QED) is 0.785. The van der Waals surface area contributed by atoms with Gasteiger partial charge in [0.05, 0.1) is 17.1 Å². The molecule has 1 rings (SSSR count). The highest BCUT2D eigenvalue weighted by atomic mass is 35.7. The first-order valence-electron chi connectivity index (χ1n) is 5.01. The van der Waals surface area contributed by atoms with E-state index in [2.05, 4.69) is 0 Å². The van der Waals surface area contributed by atoms with Crippen molar-refractivity contribution in [2.24, 2.45) is 0 Å². The molecule has 1 amide bonds. The van der Waals surface area contributed by atoms with Crippen molar-refractivity contribution < 1.29 is 26.4 Å². The number of alkyl halides is 2. The van der Waals surface area contributed by atoms with Gasteiger partial charge in [-0.25, -0.2) is 21.6 Å². The third-order valence-electron chi connectivity index (χ3n) is 2.27. The molecule has 0 aliphatic rings.